The summed E-state index contributed by atoms with van der Waals surface area (Å²) in [6.07, 6.45) is 3.76. The minimum absolute atomic E-state index is 0.0472. The van der Waals surface area contributed by atoms with Crippen LogP contribution in [0.25, 0.3) is 6.08 Å². The molecule has 0 aliphatic carbocycles. The maximum atomic E-state index is 9.29. The van der Waals surface area contributed by atoms with Crippen LogP contribution in [0.1, 0.15) is 32.9 Å². The molecule has 1 aromatic rings. The highest BCUT2D eigenvalue weighted by atomic mass is 35.5. The molecule has 3 nitrogen and oxygen atoms in total. The second-order valence-corrected chi connectivity index (χ2v) is 11.9. The fourth-order valence-corrected chi connectivity index (χ4v) is 3.25. The predicted octanol–water partition coefficient (Wildman–Crippen LogP) is 4.43. The maximum absolute atomic E-state index is 9.29. The highest BCUT2D eigenvalue weighted by Gasteiger charge is 2.39. The van der Waals surface area contributed by atoms with Gasteiger partial charge in [0, 0.05) is 24.3 Å². The first-order chi connectivity index (χ1) is 9.67. The van der Waals surface area contributed by atoms with E-state index in [4.69, 9.17) is 16.0 Å². The SMILES string of the molecule is CC(C)(C)[Si](C)(C)O[C@@H](CCO)C(Cl)=Cc1ccccn1. The molecule has 5 heteroatoms. The second kappa shape index (κ2) is 7.54. The molecule has 0 fully saturated rings. The molecule has 1 aromatic heterocycles. The second-order valence-electron chi connectivity index (χ2n) is 6.66. The van der Waals surface area contributed by atoms with E-state index in [1.165, 1.54) is 0 Å². The predicted molar refractivity (Wildman–Crippen MR) is 91.8 cm³/mol. The first kappa shape index (κ1) is 18.4. The van der Waals surface area contributed by atoms with Crippen LogP contribution in [0.3, 0.4) is 0 Å². The van der Waals surface area contributed by atoms with Gasteiger partial charge < -0.3 is 9.53 Å². The first-order valence-electron chi connectivity index (χ1n) is 7.24. The first-order valence-corrected chi connectivity index (χ1v) is 10.5. The molecule has 1 heterocycles. The Balaban J connectivity index is 2.94. The van der Waals surface area contributed by atoms with E-state index in [1.807, 2.05) is 24.3 Å². The zero-order valence-electron chi connectivity index (χ0n) is 13.6. The number of rotatable bonds is 6. The van der Waals surface area contributed by atoms with Crippen LogP contribution in [0, 0.1) is 0 Å². The molecule has 1 N–H and O–H groups in total. The summed E-state index contributed by atoms with van der Waals surface area (Å²) in [6, 6.07) is 5.67. The van der Waals surface area contributed by atoms with Crippen molar-refractivity contribution in [3.05, 3.63) is 35.1 Å². The topological polar surface area (TPSA) is 42.4 Å². The van der Waals surface area contributed by atoms with Gasteiger partial charge in [-0.1, -0.05) is 38.4 Å². The van der Waals surface area contributed by atoms with Crippen LogP contribution in [0.5, 0.6) is 0 Å². The zero-order chi connectivity index (χ0) is 16.1. The molecule has 1 atom stereocenters. The van der Waals surface area contributed by atoms with Gasteiger partial charge in [-0.05, 0) is 36.3 Å². The summed E-state index contributed by atoms with van der Waals surface area (Å²) in [6.45, 7) is 11.0. The van der Waals surface area contributed by atoms with E-state index in [0.717, 1.165) is 5.69 Å². The van der Waals surface area contributed by atoms with E-state index in [1.54, 1.807) is 6.20 Å². The molecule has 0 bridgehead atoms. The van der Waals surface area contributed by atoms with Gasteiger partial charge in [-0.15, -0.1) is 0 Å². The third kappa shape index (κ3) is 5.55. The number of halogens is 1. The van der Waals surface area contributed by atoms with Crippen molar-refractivity contribution < 1.29 is 9.53 Å². The molecule has 0 aliphatic heterocycles. The lowest BCUT2D eigenvalue weighted by atomic mass is 10.2. The summed E-state index contributed by atoms with van der Waals surface area (Å²) >= 11 is 6.42. The van der Waals surface area contributed by atoms with Gasteiger partial charge >= 0.3 is 0 Å². The quantitative estimate of drug-likeness (QED) is 0.786. The number of aliphatic hydroxyl groups is 1. The van der Waals surface area contributed by atoms with E-state index in [-0.39, 0.29) is 17.7 Å². The van der Waals surface area contributed by atoms with Gasteiger partial charge in [0.2, 0.25) is 0 Å². The van der Waals surface area contributed by atoms with Gasteiger partial charge in [0.1, 0.15) is 0 Å². The average molecular weight is 328 g/mol. The Morgan fingerprint density at radius 2 is 2.10 bits per heavy atom. The lowest BCUT2D eigenvalue weighted by Crippen LogP contribution is -2.44. The van der Waals surface area contributed by atoms with Gasteiger partial charge in [-0.3, -0.25) is 4.98 Å². The number of pyridine rings is 1. The molecule has 0 amide bonds. The van der Waals surface area contributed by atoms with E-state index in [9.17, 15) is 5.11 Å². The van der Waals surface area contributed by atoms with Crippen molar-refractivity contribution in [3.8, 4) is 0 Å². The monoisotopic (exact) mass is 327 g/mol. The van der Waals surface area contributed by atoms with Crippen molar-refractivity contribution in [1.82, 2.24) is 4.98 Å². The number of aromatic nitrogens is 1. The van der Waals surface area contributed by atoms with Crippen LogP contribution in [0.2, 0.25) is 18.1 Å². The Hall–Kier alpha value is -0.683. The van der Waals surface area contributed by atoms with Crippen LogP contribution in [0.4, 0.5) is 0 Å². The molecule has 0 aliphatic rings. The maximum Gasteiger partial charge on any atom is 0.192 e. The molecule has 1 rings (SSSR count). The van der Waals surface area contributed by atoms with Crippen LogP contribution >= 0.6 is 11.6 Å². The van der Waals surface area contributed by atoms with Crippen molar-refractivity contribution >= 4 is 26.0 Å². The zero-order valence-corrected chi connectivity index (χ0v) is 15.3. The standard InChI is InChI=1S/C16H26ClNO2Si/c1-16(2,3)21(4,5)20-15(9-11-19)14(17)12-13-8-6-7-10-18-13/h6-8,10,12,15,19H,9,11H2,1-5H3/t15-/m0/s1. The number of nitrogens with zero attached hydrogens (tertiary/aromatic N) is 1. The van der Waals surface area contributed by atoms with Gasteiger partial charge in [0.05, 0.1) is 11.8 Å². The smallest absolute Gasteiger partial charge is 0.192 e. The molecule has 0 unspecified atom stereocenters. The Morgan fingerprint density at radius 1 is 1.43 bits per heavy atom. The van der Waals surface area contributed by atoms with Gasteiger partial charge in [0.25, 0.3) is 0 Å². The minimum Gasteiger partial charge on any atom is -0.409 e. The number of hydrogen-bond acceptors (Lipinski definition) is 3. The van der Waals surface area contributed by atoms with Crippen molar-refractivity contribution in [2.75, 3.05) is 6.61 Å². The van der Waals surface area contributed by atoms with Gasteiger partial charge in [-0.25, -0.2) is 0 Å². The molecule has 21 heavy (non-hydrogen) atoms. The third-order valence-electron chi connectivity index (χ3n) is 3.92. The van der Waals surface area contributed by atoms with Gasteiger partial charge in [-0.2, -0.15) is 0 Å². The highest BCUT2D eigenvalue weighted by Crippen LogP contribution is 2.38. The van der Waals surface area contributed by atoms with E-state index in [2.05, 4.69) is 38.8 Å². The molecule has 0 spiro atoms. The molecular formula is C16H26ClNO2Si. The Bertz CT molecular complexity index is 469. The van der Waals surface area contributed by atoms with E-state index in [0.29, 0.717) is 11.5 Å². The average Bonchev–Trinajstić information content (AvgIpc) is 2.37. The number of hydrogen-bond donors (Lipinski definition) is 1. The Kier molecular flexibility index (Phi) is 6.59. The van der Waals surface area contributed by atoms with E-state index >= 15 is 0 Å². The summed E-state index contributed by atoms with van der Waals surface area (Å²) in [5.41, 5.74) is 0.796. The summed E-state index contributed by atoms with van der Waals surface area (Å²) in [5.74, 6) is 0. The van der Waals surface area contributed by atoms with Crippen molar-refractivity contribution in [2.45, 2.75) is 51.4 Å². The molecule has 0 saturated heterocycles. The Labute approximate surface area is 134 Å². The summed E-state index contributed by atoms with van der Waals surface area (Å²) < 4.78 is 6.33. The summed E-state index contributed by atoms with van der Waals surface area (Å²) in [5, 5.41) is 9.98. The van der Waals surface area contributed by atoms with Crippen molar-refractivity contribution in [2.24, 2.45) is 0 Å². The highest BCUT2D eigenvalue weighted by molar-refractivity contribution is 6.74. The summed E-state index contributed by atoms with van der Waals surface area (Å²) in [7, 11) is -1.94. The molecule has 0 aromatic carbocycles. The van der Waals surface area contributed by atoms with Crippen molar-refractivity contribution in [1.29, 1.82) is 0 Å². The van der Waals surface area contributed by atoms with E-state index < -0.39 is 8.32 Å². The lowest BCUT2D eigenvalue weighted by Gasteiger charge is -2.39. The Morgan fingerprint density at radius 3 is 2.57 bits per heavy atom. The van der Waals surface area contributed by atoms with Crippen LogP contribution in [0.15, 0.2) is 29.4 Å². The molecule has 0 saturated carbocycles. The molecule has 118 valence electrons. The molecule has 0 radical (unpaired) electrons. The van der Waals surface area contributed by atoms with Crippen molar-refractivity contribution in [3.63, 3.8) is 0 Å². The fourth-order valence-electron chi connectivity index (χ4n) is 1.60. The van der Waals surface area contributed by atoms with Crippen LogP contribution in [-0.4, -0.2) is 31.1 Å². The molecular weight excluding hydrogens is 302 g/mol. The minimum atomic E-state index is -1.94. The summed E-state index contributed by atoms with van der Waals surface area (Å²) in [4.78, 5) is 4.24. The normalized spacial score (nSPS) is 15.1. The lowest BCUT2D eigenvalue weighted by molar-refractivity contribution is 0.172. The van der Waals surface area contributed by atoms with Gasteiger partial charge in [0.15, 0.2) is 8.32 Å². The van der Waals surface area contributed by atoms with Crippen LogP contribution in [-0.2, 0) is 4.43 Å². The fraction of sp³-hybridized carbons (Fsp3) is 0.562. The largest absolute Gasteiger partial charge is 0.409 e. The third-order valence-corrected chi connectivity index (χ3v) is 8.75. The number of aliphatic hydroxyl groups excluding tert-OH is 1. The van der Waals surface area contributed by atoms with Crippen LogP contribution < -0.4 is 0 Å².